The lowest BCUT2D eigenvalue weighted by Crippen LogP contribution is -2.17. The van der Waals surface area contributed by atoms with Crippen molar-refractivity contribution < 1.29 is 37.4 Å². The number of rotatable bonds is 9. The van der Waals surface area contributed by atoms with Crippen LogP contribution in [0.5, 0.6) is 11.5 Å². The third kappa shape index (κ3) is 6.94. The summed E-state index contributed by atoms with van der Waals surface area (Å²) in [5.74, 6) is -1.12. The molecule has 1 N–H and O–H groups in total. The zero-order chi connectivity index (χ0) is 23.9. The number of hydrogen-bond acceptors (Lipinski definition) is 5. The first kappa shape index (κ1) is 25.6. The maximum atomic E-state index is 12.4. The number of nitrogens with zero attached hydrogens (tertiary/aromatic N) is 1. The summed E-state index contributed by atoms with van der Waals surface area (Å²) in [6.07, 6.45) is -4.04. The van der Waals surface area contributed by atoms with Crippen molar-refractivity contribution in [2.24, 2.45) is 5.16 Å². The number of ether oxygens (including phenoxy) is 2. The summed E-state index contributed by atoms with van der Waals surface area (Å²) in [5, 5.41) is 11.5. The molecule has 0 amide bonds. The van der Waals surface area contributed by atoms with E-state index in [4.69, 9.17) is 44.3 Å². The molecular formula is C20H15Cl3F3NO5. The molecule has 2 rings (SSSR count). The number of allylic oxidation sites excluding steroid dienone is 1. The maximum absolute atomic E-state index is 12.4. The fraction of sp³-hybridized carbons (Fsp3) is 0.200. The van der Waals surface area contributed by atoms with Gasteiger partial charge in [0.1, 0.15) is 31.1 Å². The standard InChI is InChI=1S/C20H15Cl3F3NO5/c1-30-27-17(19(28)29)13-5-3-2-4-11(13)10-32-12-8-14(21)18(15(22)9-12)31-7-6-16(23)20(24,25)26/h2-6,8-9H,7,10H2,1H3,(H,28,29)/b16-6?,27-17+. The lowest BCUT2D eigenvalue weighted by molar-refractivity contribution is -0.129. The van der Waals surface area contributed by atoms with Gasteiger partial charge in [0.05, 0.1) is 10.0 Å². The number of carboxylic acid groups (broad SMARTS) is 1. The molecule has 0 atom stereocenters. The fourth-order valence-corrected chi connectivity index (χ4v) is 3.04. The molecule has 0 heterocycles. The van der Waals surface area contributed by atoms with Gasteiger partial charge in [-0.2, -0.15) is 13.2 Å². The Morgan fingerprint density at radius 3 is 2.34 bits per heavy atom. The fourth-order valence-electron chi connectivity index (χ4n) is 2.40. The average molecular weight is 513 g/mol. The van der Waals surface area contributed by atoms with Crippen LogP contribution in [0.15, 0.2) is 52.7 Å². The topological polar surface area (TPSA) is 77.4 Å². The number of carboxylic acids is 1. The van der Waals surface area contributed by atoms with E-state index in [1.165, 1.54) is 19.2 Å². The number of aliphatic carboxylic acids is 1. The molecular weight excluding hydrogens is 498 g/mol. The minimum atomic E-state index is -4.68. The van der Waals surface area contributed by atoms with Crippen LogP contribution in [0, 0.1) is 0 Å². The Labute approximate surface area is 195 Å². The second kappa shape index (κ2) is 11.3. The highest BCUT2D eigenvalue weighted by Crippen LogP contribution is 2.37. The van der Waals surface area contributed by atoms with Crippen LogP contribution in [-0.2, 0) is 16.2 Å². The highest BCUT2D eigenvalue weighted by molar-refractivity contribution is 6.42. The van der Waals surface area contributed by atoms with Gasteiger partial charge in [0.25, 0.3) is 0 Å². The van der Waals surface area contributed by atoms with E-state index in [2.05, 4.69) is 9.99 Å². The van der Waals surface area contributed by atoms with Crippen molar-refractivity contribution in [3.63, 3.8) is 0 Å². The Kier molecular flexibility index (Phi) is 9.06. The lowest BCUT2D eigenvalue weighted by atomic mass is 10.0. The molecule has 0 bridgehead atoms. The number of carbonyl (C=O) groups is 1. The summed E-state index contributed by atoms with van der Waals surface area (Å²) in [6, 6.07) is 9.20. The largest absolute Gasteiger partial charge is 0.489 e. The van der Waals surface area contributed by atoms with Crippen molar-refractivity contribution in [1.29, 1.82) is 0 Å². The highest BCUT2D eigenvalue weighted by atomic mass is 35.5. The monoisotopic (exact) mass is 511 g/mol. The second-order valence-electron chi connectivity index (χ2n) is 5.95. The second-order valence-corrected chi connectivity index (χ2v) is 7.17. The summed E-state index contributed by atoms with van der Waals surface area (Å²) in [5.41, 5.74) is 0.467. The molecule has 0 saturated carbocycles. The molecule has 0 saturated heterocycles. The number of hydrogen-bond donors (Lipinski definition) is 1. The van der Waals surface area contributed by atoms with Crippen LogP contribution in [-0.4, -0.2) is 36.7 Å². The van der Waals surface area contributed by atoms with Gasteiger partial charge in [-0.15, -0.1) is 0 Å². The van der Waals surface area contributed by atoms with E-state index in [1.807, 2.05) is 0 Å². The Morgan fingerprint density at radius 2 is 1.78 bits per heavy atom. The average Bonchev–Trinajstić information content (AvgIpc) is 2.71. The minimum Gasteiger partial charge on any atom is -0.489 e. The molecule has 172 valence electrons. The number of halogens is 6. The van der Waals surface area contributed by atoms with Gasteiger partial charge in [0, 0.05) is 17.7 Å². The Hall–Kier alpha value is -2.62. The van der Waals surface area contributed by atoms with E-state index in [9.17, 15) is 23.1 Å². The molecule has 0 aliphatic carbocycles. The Balaban J connectivity index is 2.16. The maximum Gasteiger partial charge on any atom is 0.426 e. The quantitative estimate of drug-likeness (QED) is 0.326. The summed E-state index contributed by atoms with van der Waals surface area (Å²) in [4.78, 5) is 16.0. The van der Waals surface area contributed by atoms with Crippen molar-refractivity contribution >= 4 is 46.5 Å². The normalized spacial score (nSPS) is 12.5. The van der Waals surface area contributed by atoms with Gasteiger partial charge in [0.2, 0.25) is 0 Å². The predicted octanol–water partition coefficient (Wildman–Crippen LogP) is 6.07. The molecule has 2 aromatic carbocycles. The molecule has 0 aliphatic rings. The van der Waals surface area contributed by atoms with Crippen LogP contribution in [0.25, 0.3) is 0 Å². The molecule has 0 aliphatic heterocycles. The number of alkyl halides is 3. The van der Waals surface area contributed by atoms with Gasteiger partial charge in [-0.25, -0.2) is 4.79 Å². The van der Waals surface area contributed by atoms with Crippen LogP contribution in [0.4, 0.5) is 13.2 Å². The summed E-state index contributed by atoms with van der Waals surface area (Å²) < 4.78 is 48.0. The molecule has 6 nitrogen and oxygen atoms in total. The smallest absolute Gasteiger partial charge is 0.426 e. The molecule has 0 radical (unpaired) electrons. The molecule has 32 heavy (non-hydrogen) atoms. The van der Waals surface area contributed by atoms with Crippen molar-refractivity contribution in [3.05, 3.63) is 68.7 Å². The predicted molar refractivity (Wildman–Crippen MR) is 114 cm³/mol. The zero-order valence-corrected chi connectivity index (χ0v) is 18.5. The van der Waals surface area contributed by atoms with Crippen molar-refractivity contribution in [2.75, 3.05) is 13.7 Å². The van der Waals surface area contributed by atoms with Crippen molar-refractivity contribution in [3.8, 4) is 11.5 Å². The molecule has 12 heteroatoms. The van der Waals surface area contributed by atoms with Crippen molar-refractivity contribution in [1.82, 2.24) is 0 Å². The molecule has 0 unspecified atom stereocenters. The van der Waals surface area contributed by atoms with Crippen LogP contribution in [0.1, 0.15) is 11.1 Å². The minimum absolute atomic E-state index is 0.00973. The van der Waals surface area contributed by atoms with Crippen molar-refractivity contribution in [2.45, 2.75) is 12.8 Å². The molecule has 2 aromatic rings. The third-order valence-corrected chi connectivity index (χ3v) is 4.71. The van der Waals surface area contributed by atoms with E-state index >= 15 is 0 Å². The summed E-state index contributed by atoms with van der Waals surface area (Å²) in [6.45, 7) is -0.578. The van der Waals surface area contributed by atoms with Gasteiger partial charge in [0.15, 0.2) is 11.5 Å². The first-order chi connectivity index (χ1) is 15.0. The first-order valence-electron chi connectivity index (χ1n) is 8.64. The summed E-state index contributed by atoms with van der Waals surface area (Å²) in [7, 11) is 1.22. The zero-order valence-electron chi connectivity index (χ0n) is 16.3. The molecule has 0 aromatic heterocycles. The van der Waals surface area contributed by atoms with Crippen LogP contribution < -0.4 is 9.47 Å². The Bertz CT molecular complexity index is 1020. The number of benzene rings is 2. The van der Waals surface area contributed by atoms with E-state index < -0.39 is 23.8 Å². The van der Waals surface area contributed by atoms with Gasteiger partial charge in [-0.05, 0) is 11.6 Å². The first-order valence-corrected chi connectivity index (χ1v) is 9.78. The molecule has 0 fully saturated rings. The van der Waals surface area contributed by atoms with Gasteiger partial charge < -0.3 is 19.4 Å². The highest BCUT2D eigenvalue weighted by Gasteiger charge is 2.32. The van der Waals surface area contributed by atoms with Gasteiger partial charge in [-0.3, -0.25) is 0 Å². The van der Waals surface area contributed by atoms with E-state index in [-0.39, 0.29) is 39.4 Å². The molecule has 0 spiro atoms. The van der Waals surface area contributed by atoms with E-state index in [0.717, 1.165) is 0 Å². The summed E-state index contributed by atoms with van der Waals surface area (Å²) >= 11 is 17.3. The van der Waals surface area contributed by atoms with Crippen LogP contribution in [0.3, 0.4) is 0 Å². The van der Waals surface area contributed by atoms with E-state index in [1.54, 1.807) is 24.3 Å². The third-order valence-electron chi connectivity index (χ3n) is 3.78. The number of oxime groups is 1. The van der Waals surface area contributed by atoms with Crippen LogP contribution in [0.2, 0.25) is 10.0 Å². The van der Waals surface area contributed by atoms with E-state index in [0.29, 0.717) is 11.6 Å². The lowest BCUT2D eigenvalue weighted by Gasteiger charge is -2.14. The van der Waals surface area contributed by atoms with Gasteiger partial charge in [-0.1, -0.05) is 64.2 Å². The van der Waals surface area contributed by atoms with Gasteiger partial charge >= 0.3 is 12.1 Å². The van der Waals surface area contributed by atoms with Crippen LogP contribution >= 0.6 is 34.8 Å². The Morgan fingerprint density at radius 1 is 1.16 bits per heavy atom. The SMILES string of the molecule is CO/N=C(/C(=O)O)c1ccccc1COc1cc(Cl)c(OCC=C(Cl)C(F)(F)F)c(Cl)c1.